The summed E-state index contributed by atoms with van der Waals surface area (Å²) < 4.78 is 77.9. The van der Waals surface area contributed by atoms with Gasteiger partial charge in [0.1, 0.15) is 5.37 Å². The number of rotatable bonds is 2. The minimum atomic E-state index is -4.99. The van der Waals surface area contributed by atoms with E-state index in [0.29, 0.717) is 22.9 Å². The lowest BCUT2D eigenvalue weighted by Gasteiger charge is -2.25. The summed E-state index contributed by atoms with van der Waals surface area (Å²) in [4.78, 5) is 13.9. The molecule has 2 amide bonds. The van der Waals surface area contributed by atoms with Crippen molar-refractivity contribution in [3.05, 3.63) is 64.2 Å². The van der Waals surface area contributed by atoms with Crippen LogP contribution in [0.2, 0.25) is 5.02 Å². The second kappa shape index (κ2) is 7.98. The average molecular weight is 455 g/mol. The minimum Gasteiger partial charge on any atom is -0.308 e. The van der Waals surface area contributed by atoms with Gasteiger partial charge in [-0.2, -0.15) is 26.3 Å². The zero-order valence-corrected chi connectivity index (χ0v) is 16.0. The van der Waals surface area contributed by atoms with Gasteiger partial charge in [-0.3, -0.25) is 0 Å². The molecule has 0 bridgehead atoms. The van der Waals surface area contributed by atoms with Crippen LogP contribution in [0.3, 0.4) is 0 Å². The molecule has 2 aromatic rings. The van der Waals surface area contributed by atoms with Crippen molar-refractivity contribution in [1.82, 2.24) is 4.90 Å². The van der Waals surface area contributed by atoms with Crippen LogP contribution in [-0.4, -0.2) is 23.2 Å². The Balaban J connectivity index is 1.86. The summed E-state index contributed by atoms with van der Waals surface area (Å²) >= 11 is 7.27. The van der Waals surface area contributed by atoms with E-state index >= 15 is 0 Å². The summed E-state index contributed by atoms with van der Waals surface area (Å²) in [5.41, 5.74) is -2.82. The molecule has 1 unspecified atom stereocenters. The van der Waals surface area contributed by atoms with E-state index in [2.05, 4.69) is 5.32 Å². The number of alkyl halides is 6. The van der Waals surface area contributed by atoms with Gasteiger partial charge in [-0.25, -0.2) is 4.79 Å². The summed E-state index contributed by atoms with van der Waals surface area (Å²) in [5, 5.41) is 2.23. The van der Waals surface area contributed by atoms with E-state index in [-0.39, 0.29) is 12.6 Å². The van der Waals surface area contributed by atoms with Crippen molar-refractivity contribution in [2.45, 2.75) is 17.7 Å². The molecule has 0 aliphatic carbocycles. The molecule has 156 valence electrons. The molecule has 0 radical (unpaired) electrons. The number of hydrogen-bond acceptors (Lipinski definition) is 2. The zero-order valence-electron chi connectivity index (χ0n) is 14.4. The number of nitrogens with zero attached hydrogens (tertiary/aromatic N) is 1. The van der Waals surface area contributed by atoms with E-state index in [1.807, 2.05) is 0 Å². The molecule has 1 fully saturated rings. The van der Waals surface area contributed by atoms with Gasteiger partial charge in [0.15, 0.2) is 0 Å². The number of amides is 2. The van der Waals surface area contributed by atoms with Gasteiger partial charge in [0, 0.05) is 23.0 Å². The second-order valence-corrected chi connectivity index (χ2v) is 7.82. The van der Waals surface area contributed by atoms with E-state index in [4.69, 9.17) is 11.6 Å². The third-order valence-corrected chi connectivity index (χ3v) is 5.66. The van der Waals surface area contributed by atoms with Gasteiger partial charge in [-0.1, -0.05) is 23.7 Å². The van der Waals surface area contributed by atoms with Gasteiger partial charge in [0.2, 0.25) is 0 Å². The van der Waals surface area contributed by atoms with Crippen molar-refractivity contribution in [3.8, 4) is 0 Å². The molecule has 1 atom stereocenters. The Labute approximate surface area is 171 Å². The lowest BCUT2D eigenvalue weighted by atomic mass is 10.1. The lowest BCUT2D eigenvalue weighted by molar-refractivity contribution is -0.143. The highest BCUT2D eigenvalue weighted by molar-refractivity contribution is 7.99. The van der Waals surface area contributed by atoms with Crippen LogP contribution in [0.15, 0.2) is 42.5 Å². The molecule has 1 aliphatic heterocycles. The van der Waals surface area contributed by atoms with Crippen LogP contribution in [0.4, 0.5) is 36.8 Å². The second-order valence-electron chi connectivity index (χ2n) is 6.19. The first-order valence-corrected chi connectivity index (χ1v) is 9.62. The summed E-state index contributed by atoms with van der Waals surface area (Å²) in [5.74, 6) is 0.567. The Morgan fingerprint density at radius 1 is 1.00 bits per heavy atom. The monoisotopic (exact) mass is 454 g/mol. The highest BCUT2D eigenvalue weighted by Crippen LogP contribution is 2.40. The molecule has 0 saturated carbocycles. The number of hydrogen-bond donors (Lipinski definition) is 1. The first-order chi connectivity index (χ1) is 13.4. The first-order valence-electron chi connectivity index (χ1n) is 8.19. The molecule has 3 nitrogen and oxygen atoms in total. The Morgan fingerprint density at radius 2 is 1.55 bits per heavy atom. The Bertz CT molecular complexity index is 868. The fraction of sp³-hybridized carbons (Fsp3) is 0.278. The molecular formula is C18H13ClF6N2OS. The third kappa shape index (κ3) is 5.11. The van der Waals surface area contributed by atoms with Crippen LogP contribution in [0.1, 0.15) is 22.1 Å². The summed E-state index contributed by atoms with van der Waals surface area (Å²) in [7, 11) is 0. The van der Waals surface area contributed by atoms with Crippen LogP contribution < -0.4 is 5.32 Å². The van der Waals surface area contributed by atoms with Crippen molar-refractivity contribution in [2.75, 3.05) is 17.6 Å². The highest BCUT2D eigenvalue weighted by Gasteiger charge is 2.37. The quantitative estimate of drug-likeness (QED) is 0.515. The van der Waals surface area contributed by atoms with E-state index in [9.17, 15) is 31.1 Å². The van der Waals surface area contributed by atoms with Crippen LogP contribution in [-0.2, 0) is 12.4 Å². The molecule has 1 N–H and O–H groups in total. The molecule has 0 spiro atoms. The molecule has 1 heterocycles. The molecule has 3 rings (SSSR count). The van der Waals surface area contributed by atoms with Crippen molar-refractivity contribution in [2.24, 2.45) is 0 Å². The molecule has 2 aromatic carbocycles. The maximum absolute atomic E-state index is 13.0. The Hall–Kier alpha value is -2.07. The maximum atomic E-state index is 13.0. The minimum absolute atomic E-state index is 0.0118. The molecule has 1 aliphatic rings. The normalized spacial score (nSPS) is 17.5. The number of halogens is 7. The van der Waals surface area contributed by atoms with Crippen molar-refractivity contribution >= 4 is 35.1 Å². The fourth-order valence-corrected chi connectivity index (χ4v) is 4.19. The van der Waals surface area contributed by atoms with Gasteiger partial charge < -0.3 is 10.2 Å². The SMILES string of the molecule is O=C(Nc1cc(C(F)(F)F)cc(C(F)(F)F)c1)N1CCSC1c1ccc(Cl)cc1. The van der Waals surface area contributed by atoms with Gasteiger partial charge in [0.05, 0.1) is 11.1 Å². The first kappa shape index (κ1) is 21.6. The number of urea groups is 1. The summed E-state index contributed by atoms with van der Waals surface area (Å²) in [6.07, 6.45) is -9.98. The average Bonchev–Trinajstić information content (AvgIpc) is 3.10. The summed E-state index contributed by atoms with van der Waals surface area (Å²) in [6, 6.07) is 6.86. The fourth-order valence-electron chi connectivity index (χ4n) is 2.80. The predicted molar refractivity (Wildman–Crippen MR) is 98.8 cm³/mol. The topological polar surface area (TPSA) is 32.3 Å². The maximum Gasteiger partial charge on any atom is 0.416 e. The molecule has 11 heteroatoms. The van der Waals surface area contributed by atoms with E-state index in [1.165, 1.54) is 16.7 Å². The molecule has 29 heavy (non-hydrogen) atoms. The van der Waals surface area contributed by atoms with E-state index in [1.54, 1.807) is 24.3 Å². The van der Waals surface area contributed by atoms with Crippen molar-refractivity contribution in [1.29, 1.82) is 0 Å². The van der Waals surface area contributed by atoms with Gasteiger partial charge in [-0.05, 0) is 35.9 Å². The number of anilines is 1. The van der Waals surface area contributed by atoms with Gasteiger partial charge >= 0.3 is 18.4 Å². The third-order valence-electron chi connectivity index (χ3n) is 4.15. The Morgan fingerprint density at radius 3 is 2.07 bits per heavy atom. The van der Waals surface area contributed by atoms with E-state index < -0.39 is 40.6 Å². The molecule has 0 aromatic heterocycles. The number of carbonyl (C=O) groups is 1. The number of benzene rings is 2. The van der Waals surface area contributed by atoms with Crippen LogP contribution in [0.25, 0.3) is 0 Å². The highest BCUT2D eigenvalue weighted by atomic mass is 35.5. The number of nitrogens with one attached hydrogen (secondary N) is 1. The van der Waals surface area contributed by atoms with Crippen molar-refractivity contribution < 1.29 is 31.1 Å². The van der Waals surface area contributed by atoms with Crippen LogP contribution in [0.5, 0.6) is 0 Å². The van der Waals surface area contributed by atoms with Crippen LogP contribution in [0, 0.1) is 0 Å². The lowest BCUT2D eigenvalue weighted by Crippen LogP contribution is -2.34. The van der Waals surface area contributed by atoms with Gasteiger partial charge in [0.25, 0.3) is 0 Å². The van der Waals surface area contributed by atoms with Crippen LogP contribution >= 0.6 is 23.4 Å². The summed E-state index contributed by atoms with van der Waals surface area (Å²) in [6.45, 7) is 0.287. The van der Waals surface area contributed by atoms with Crippen molar-refractivity contribution in [3.63, 3.8) is 0 Å². The van der Waals surface area contributed by atoms with Gasteiger partial charge in [-0.15, -0.1) is 11.8 Å². The largest absolute Gasteiger partial charge is 0.416 e. The van der Waals surface area contributed by atoms with E-state index in [0.717, 1.165) is 5.56 Å². The number of thioether (sulfide) groups is 1. The smallest absolute Gasteiger partial charge is 0.308 e. The zero-order chi connectivity index (χ0) is 21.4. The molecular weight excluding hydrogens is 442 g/mol. The predicted octanol–water partition coefficient (Wildman–Crippen LogP) is 6.66. The Kier molecular flexibility index (Phi) is 5.96. The number of carbonyl (C=O) groups excluding carboxylic acids is 1. The molecule has 1 saturated heterocycles. The standard InChI is InChI=1S/C18H13ClF6N2OS/c19-13-3-1-10(2-4-13)15-27(5-6-29-15)16(28)26-14-8-11(17(20,21)22)7-12(9-14)18(23,24)25/h1-4,7-9,15H,5-6H2,(H,26,28).